The molecule has 0 fully saturated rings. The standard InChI is InChI=1S/C13H14N2O2/c1-8-3-4-9(2)10(5-8)13-11(6-12(16)17)14-7-15-13/h3-5,7H,6H2,1-2H3,(H,14,15)(H,16,17). The Morgan fingerprint density at radius 1 is 1.41 bits per heavy atom. The molecule has 0 aliphatic heterocycles. The number of hydrogen-bond donors (Lipinski definition) is 2. The second-order valence-corrected chi connectivity index (χ2v) is 4.12. The minimum absolute atomic E-state index is 0.0390. The van der Waals surface area contributed by atoms with Crippen LogP contribution in [0.15, 0.2) is 24.5 Å². The van der Waals surface area contributed by atoms with E-state index in [9.17, 15) is 4.79 Å². The summed E-state index contributed by atoms with van der Waals surface area (Å²) in [6.07, 6.45) is 1.50. The number of aryl methyl sites for hydroxylation is 2. The highest BCUT2D eigenvalue weighted by Gasteiger charge is 2.13. The van der Waals surface area contributed by atoms with Gasteiger partial charge in [-0.25, -0.2) is 4.98 Å². The summed E-state index contributed by atoms with van der Waals surface area (Å²) in [5.41, 5.74) is 4.59. The molecule has 0 aliphatic rings. The Labute approximate surface area is 99.3 Å². The highest BCUT2D eigenvalue weighted by atomic mass is 16.4. The first-order valence-corrected chi connectivity index (χ1v) is 5.39. The number of carbonyl (C=O) groups is 1. The summed E-state index contributed by atoms with van der Waals surface area (Å²) in [7, 11) is 0. The number of H-pyrrole nitrogens is 1. The van der Waals surface area contributed by atoms with Crippen LogP contribution in [0.25, 0.3) is 11.3 Å². The number of benzene rings is 1. The summed E-state index contributed by atoms with van der Waals surface area (Å²) >= 11 is 0. The lowest BCUT2D eigenvalue weighted by atomic mass is 10.0. The molecule has 1 aromatic heterocycles. The molecule has 0 unspecified atom stereocenters. The molecule has 0 radical (unpaired) electrons. The Bertz CT molecular complexity index is 558. The van der Waals surface area contributed by atoms with Crippen molar-refractivity contribution >= 4 is 5.97 Å². The van der Waals surface area contributed by atoms with Crippen LogP contribution in [-0.4, -0.2) is 21.0 Å². The van der Waals surface area contributed by atoms with Crippen LogP contribution >= 0.6 is 0 Å². The van der Waals surface area contributed by atoms with Crippen molar-refractivity contribution in [3.63, 3.8) is 0 Å². The molecule has 88 valence electrons. The molecule has 1 aromatic carbocycles. The van der Waals surface area contributed by atoms with Crippen LogP contribution in [0.1, 0.15) is 16.8 Å². The first-order valence-electron chi connectivity index (χ1n) is 5.39. The number of imidazole rings is 1. The number of carboxylic acid groups (broad SMARTS) is 1. The molecule has 0 atom stereocenters. The Kier molecular flexibility index (Phi) is 2.95. The van der Waals surface area contributed by atoms with Crippen molar-refractivity contribution in [1.82, 2.24) is 9.97 Å². The van der Waals surface area contributed by atoms with E-state index in [1.54, 1.807) is 0 Å². The number of aliphatic carboxylic acids is 1. The molecule has 0 bridgehead atoms. The van der Waals surface area contributed by atoms with Crippen molar-refractivity contribution < 1.29 is 9.90 Å². The van der Waals surface area contributed by atoms with Gasteiger partial charge in [0.05, 0.1) is 24.1 Å². The van der Waals surface area contributed by atoms with Crippen LogP contribution in [0.2, 0.25) is 0 Å². The SMILES string of the molecule is Cc1ccc(C)c(-c2nc[nH]c2CC(=O)O)c1. The maximum Gasteiger partial charge on any atom is 0.309 e. The number of hydrogen-bond acceptors (Lipinski definition) is 2. The highest BCUT2D eigenvalue weighted by molar-refractivity contribution is 5.75. The minimum atomic E-state index is -0.860. The summed E-state index contributed by atoms with van der Waals surface area (Å²) in [4.78, 5) is 17.9. The van der Waals surface area contributed by atoms with Crippen LogP contribution < -0.4 is 0 Å². The number of aromatic nitrogens is 2. The lowest BCUT2D eigenvalue weighted by Gasteiger charge is -2.06. The van der Waals surface area contributed by atoms with Crippen molar-refractivity contribution in [2.24, 2.45) is 0 Å². The van der Waals surface area contributed by atoms with E-state index < -0.39 is 5.97 Å². The van der Waals surface area contributed by atoms with Gasteiger partial charge in [-0.3, -0.25) is 4.79 Å². The lowest BCUT2D eigenvalue weighted by Crippen LogP contribution is -2.02. The van der Waals surface area contributed by atoms with Crippen molar-refractivity contribution in [1.29, 1.82) is 0 Å². The van der Waals surface area contributed by atoms with Gasteiger partial charge < -0.3 is 10.1 Å². The Balaban J connectivity index is 2.49. The molecule has 0 aliphatic carbocycles. The zero-order valence-corrected chi connectivity index (χ0v) is 9.82. The van der Waals surface area contributed by atoms with E-state index in [-0.39, 0.29) is 6.42 Å². The number of carboxylic acids is 1. The first kappa shape index (κ1) is 11.4. The van der Waals surface area contributed by atoms with E-state index in [0.29, 0.717) is 5.69 Å². The monoisotopic (exact) mass is 230 g/mol. The predicted octanol–water partition coefficient (Wildman–Crippen LogP) is 2.32. The maximum absolute atomic E-state index is 10.8. The van der Waals surface area contributed by atoms with Crippen molar-refractivity contribution in [3.8, 4) is 11.3 Å². The van der Waals surface area contributed by atoms with E-state index in [2.05, 4.69) is 9.97 Å². The first-order chi connectivity index (χ1) is 8.08. The fraction of sp³-hybridized carbons (Fsp3) is 0.231. The van der Waals surface area contributed by atoms with E-state index >= 15 is 0 Å². The molecule has 4 nitrogen and oxygen atoms in total. The van der Waals surface area contributed by atoms with Gasteiger partial charge >= 0.3 is 5.97 Å². The summed E-state index contributed by atoms with van der Waals surface area (Å²) in [6, 6.07) is 6.07. The van der Waals surface area contributed by atoms with Gasteiger partial charge in [0.2, 0.25) is 0 Å². The van der Waals surface area contributed by atoms with Gasteiger partial charge in [0.1, 0.15) is 0 Å². The molecule has 2 N–H and O–H groups in total. The average molecular weight is 230 g/mol. The zero-order valence-electron chi connectivity index (χ0n) is 9.82. The Hall–Kier alpha value is -2.10. The van der Waals surface area contributed by atoms with E-state index in [1.807, 2.05) is 32.0 Å². The summed E-state index contributed by atoms with van der Waals surface area (Å²) in [6.45, 7) is 4.00. The van der Waals surface area contributed by atoms with Gasteiger partial charge in [0.15, 0.2) is 0 Å². The van der Waals surface area contributed by atoms with Gasteiger partial charge in [-0.15, -0.1) is 0 Å². The molecular weight excluding hydrogens is 216 g/mol. The van der Waals surface area contributed by atoms with Gasteiger partial charge in [-0.05, 0) is 25.5 Å². The molecule has 2 rings (SSSR count). The van der Waals surface area contributed by atoms with Gasteiger partial charge in [-0.1, -0.05) is 17.7 Å². The number of rotatable bonds is 3. The summed E-state index contributed by atoms with van der Waals surface area (Å²) < 4.78 is 0. The second-order valence-electron chi connectivity index (χ2n) is 4.12. The maximum atomic E-state index is 10.8. The third-order valence-electron chi connectivity index (χ3n) is 2.69. The van der Waals surface area contributed by atoms with Gasteiger partial charge in [0.25, 0.3) is 0 Å². The molecule has 0 spiro atoms. The number of nitrogens with one attached hydrogen (secondary N) is 1. The number of aromatic amines is 1. The normalized spacial score (nSPS) is 10.5. The molecule has 2 aromatic rings. The molecule has 1 heterocycles. The molecular formula is C13H14N2O2. The van der Waals surface area contributed by atoms with Gasteiger partial charge in [0, 0.05) is 5.56 Å². The van der Waals surface area contributed by atoms with Crippen LogP contribution in [0.3, 0.4) is 0 Å². The van der Waals surface area contributed by atoms with Crippen molar-refractivity contribution in [2.45, 2.75) is 20.3 Å². The van der Waals surface area contributed by atoms with E-state index in [0.717, 1.165) is 22.4 Å². The molecule has 0 amide bonds. The zero-order chi connectivity index (χ0) is 12.4. The quantitative estimate of drug-likeness (QED) is 0.850. The van der Waals surface area contributed by atoms with Crippen LogP contribution in [-0.2, 0) is 11.2 Å². The predicted molar refractivity (Wildman–Crippen MR) is 64.8 cm³/mol. The number of nitrogens with zero attached hydrogens (tertiary/aromatic N) is 1. The fourth-order valence-corrected chi connectivity index (χ4v) is 1.83. The molecule has 0 saturated carbocycles. The third kappa shape index (κ3) is 2.36. The Morgan fingerprint density at radius 2 is 2.18 bits per heavy atom. The summed E-state index contributed by atoms with van der Waals surface area (Å²) in [5, 5.41) is 8.83. The third-order valence-corrected chi connectivity index (χ3v) is 2.69. The van der Waals surface area contributed by atoms with Crippen LogP contribution in [0.4, 0.5) is 0 Å². The largest absolute Gasteiger partial charge is 0.481 e. The average Bonchev–Trinajstić information content (AvgIpc) is 2.69. The Morgan fingerprint density at radius 3 is 2.88 bits per heavy atom. The van der Waals surface area contributed by atoms with Gasteiger partial charge in [-0.2, -0.15) is 0 Å². The molecule has 17 heavy (non-hydrogen) atoms. The van der Waals surface area contributed by atoms with Crippen molar-refractivity contribution in [2.75, 3.05) is 0 Å². The fourth-order valence-electron chi connectivity index (χ4n) is 1.83. The molecule has 0 saturated heterocycles. The highest BCUT2D eigenvalue weighted by Crippen LogP contribution is 2.25. The van der Waals surface area contributed by atoms with E-state index in [4.69, 9.17) is 5.11 Å². The smallest absolute Gasteiger partial charge is 0.309 e. The summed E-state index contributed by atoms with van der Waals surface area (Å²) in [5.74, 6) is -0.860. The second kappa shape index (κ2) is 4.41. The molecule has 4 heteroatoms. The van der Waals surface area contributed by atoms with Crippen LogP contribution in [0, 0.1) is 13.8 Å². The van der Waals surface area contributed by atoms with Crippen molar-refractivity contribution in [3.05, 3.63) is 41.3 Å². The van der Waals surface area contributed by atoms with E-state index in [1.165, 1.54) is 6.33 Å². The van der Waals surface area contributed by atoms with Crippen LogP contribution in [0.5, 0.6) is 0 Å². The topological polar surface area (TPSA) is 66.0 Å². The lowest BCUT2D eigenvalue weighted by molar-refractivity contribution is -0.136. The minimum Gasteiger partial charge on any atom is -0.481 e.